The standard InChI is InChI=1S/C20H24N2O2/c1-3-4-12-22(2)14-17-19(23)11-10-16-18(21-24-20(16)17)13-15-8-6-5-7-9-15/h5-11,23H,3-4,12-14H2,1-2H3. The molecule has 4 nitrogen and oxygen atoms in total. The van der Waals surface area contributed by atoms with Gasteiger partial charge < -0.3 is 14.5 Å². The minimum atomic E-state index is 0.272. The molecule has 1 aromatic heterocycles. The van der Waals surface area contributed by atoms with E-state index in [1.807, 2.05) is 24.3 Å². The topological polar surface area (TPSA) is 49.5 Å². The van der Waals surface area contributed by atoms with Crippen molar-refractivity contribution >= 4 is 11.0 Å². The van der Waals surface area contributed by atoms with Crippen molar-refractivity contribution in [2.24, 2.45) is 0 Å². The molecule has 1 N–H and O–H groups in total. The first kappa shape index (κ1) is 16.5. The van der Waals surface area contributed by atoms with Gasteiger partial charge in [0.1, 0.15) is 5.75 Å². The Balaban J connectivity index is 1.89. The summed E-state index contributed by atoms with van der Waals surface area (Å²) in [7, 11) is 2.06. The van der Waals surface area contributed by atoms with Crippen LogP contribution in [0, 0.1) is 0 Å². The molecule has 0 atom stereocenters. The lowest BCUT2D eigenvalue weighted by Crippen LogP contribution is -2.19. The molecule has 1 heterocycles. The van der Waals surface area contributed by atoms with Gasteiger partial charge in [-0.2, -0.15) is 0 Å². The highest BCUT2D eigenvalue weighted by Gasteiger charge is 2.17. The van der Waals surface area contributed by atoms with E-state index in [-0.39, 0.29) is 5.75 Å². The zero-order valence-electron chi connectivity index (χ0n) is 14.3. The van der Waals surface area contributed by atoms with Gasteiger partial charge in [0.25, 0.3) is 0 Å². The average Bonchev–Trinajstić information content (AvgIpc) is 2.99. The summed E-state index contributed by atoms with van der Waals surface area (Å²) in [5.74, 6) is 0.272. The fourth-order valence-electron chi connectivity index (χ4n) is 2.95. The van der Waals surface area contributed by atoms with Crippen LogP contribution in [0.1, 0.15) is 36.6 Å². The molecular formula is C20H24N2O2. The molecular weight excluding hydrogens is 300 g/mol. The van der Waals surface area contributed by atoms with Crippen molar-refractivity contribution in [3.05, 3.63) is 59.3 Å². The number of phenols is 1. The Morgan fingerprint density at radius 2 is 1.92 bits per heavy atom. The van der Waals surface area contributed by atoms with Crippen molar-refractivity contribution in [2.75, 3.05) is 13.6 Å². The van der Waals surface area contributed by atoms with Crippen molar-refractivity contribution in [2.45, 2.75) is 32.7 Å². The zero-order valence-corrected chi connectivity index (χ0v) is 14.3. The molecule has 3 aromatic rings. The van der Waals surface area contributed by atoms with Gasteiger partial charge >= 0.3 is 0 Å². The smallest absolute Gasteiger partial charge is 0.175 e. The molecule has 0 unspecified atom stereocenters. The maximum absolute atomic E-state index is 10.3. The number of aromatic nitrogens is 1. The maximum atomic E-state index is 10.3. The van der Waals surface area contributed by atoms with E-state index in [9.17, 15) is 5.11 Å². The second-order valence-corrected chi connectivity index (χ2v) is 6.32. The van der Waals surface area contributed by atoms with Gasteiger partial charge in [-0.05, 0) is 37.7 Å². The Morgan fingerprint density at radius 3 is 2.67 bits per heavy atom. The van der Waals surface area contributed by atoms with E-state index in [0.717, 1.165) is 42.5 Å². The summed E-state index contributed by atoms with van der Waals surface area (Å²) in [6.45, 7) is 3.83. The quantitative estimate of drug-likeness (QED) is 0.701. The summed E-state index contributed by atoms with van der Waals surface area (Å²) in [5, 5.41) is 15.5. The van der Waals surface area contributed by atoms with Crippen LogP contribution in [0.5, 0.6) is 5.75 Å². The SMILES string of the molecule is CCCCN(C)Cc1c(O)ccc2c(Cc3ccccc3)noc12. The monoisotopic (exact) mass is 324 g/mol. The third kappa shape index (κ3) is 3.60. The summed E-state index contributed by atoms with van der Waals surface area (Å²) < 4.78 is 5.60. The number of hydrogen-bond acceptors (Lipinski definition) is 4. The molecule has 4 heteroatoms. The van der Waals surface area contributed by atoms with Gasteiger partial charge in [0, 0.05) is 18.4 Å². The molecule has 0 aliphatic carbocycles. The van der Waals surface area contributed by atoms with Crippen LogP contribution in [-0.2, 0) is 13.0 Å². The number of phenolic OH excluding ortho intramolecular Hbond substituents is 1. The fourth-order valence-corrected chi connectivity index (χ4v) is 2.95. The number of fused-ring (bicyclic) bond motifs is 1. The van der Waals surface area contributed by atoms with Crippen LogP contribution >= 0.6 is 0 Å². The third-order valence-corrected chi connectivity index (χ3v) is 4.33. The van der Waals surface area contributed by atoms with E-state index < -0.39 is 0 Å². The normalized spacial score (nSPS) is 11.5. The summed E-state index contributed by atoms with van der Waals surface area (Å²) >= 11 is 0. The third-order valence-electron chi connectivity index (χ3n) is 4.33. The maximum Gasteiger partial charge on any atom is 0.175 e. The minimum absolute atomic E-state index is 0.272. The Hall–Kier alpha value is -2.33. The molecule has 0 spiro atoms. The van der Waals surface area contributed by atoms with Crippen LogP contribution in [-0.4, -0.2) is 28.8 Å². The molecule has 3 rings (SSSR count). The van der Waals surface area contributed by atoms with E-state index in [4.69, 9.17) is 4.52 Å². The Bertz CT molecular complexity index is 796. The lowest BCUT2D eigenvalue weighted by Gasteiger charge is -2.16. The number of hydrogen-bond donors (Lipinski definition) is 1. The first-order chi connectivity index (χ1) is 11.7. The number of nitrogens with zero attached hydrogens (tertiary/aromatic N) is 2. The summed E-state index contributed by atoms with van der Waals surface area (Å²) in [6, 6.07) is 13.9. The van der Waals surface area contributed by atoms with E-state index in [1.54, 1.807) is 6.07 Å². The molecule has 0 saturated carbocycles. The summed E-state index contributed by atoms with van der Waals surface area (Å²) in [6.07, 6.45) is 3.02. The first-order valence-corrected chi connectivity index (χ1v) is 8.50. The largest absolute Gasteiger partial charge is 0.507 e. The van der Waals surface area contributed by atoms with Gasteiger partial charge in [-0.15, -0.1) is 0 Å². The van der Waals surface area contributed by atoms with Gasteiger partial charge in [-0.3, -0.25) is 0 Å². The van der Waals surface area contributed by atoms with E-state index >= 15 is 0 Å². The molecule has 126 valence electrons. The van der Waals surface area contributed by atoms with Crippen molar-refractivity contribution in [1.82, 2.24) is 10.1 Å². The molecule has 2 aromatic carbocycles. The van der Waals surface area contributed by atoms with Gasteiger partial charge in [0.15, 0.2) is 5.58 Å². The summed E-state index contributed by atoms with van der Waals surface area (Å²) in [4.78, 5) is 2.21. The van der Waals surface area contributed by atoms with Crippen LogP contribution in [0.15, 0.2) is 47.0 Å². The van der Waals surface area contributed by atoms with Crippen molar-refractivity contribution in [3.63, 3.8) is 0 Å². The minimum Gasteiger partial charge on any atom is -0.507 e. The van der Waals surface area contributed by atoms with Crippen LogP contribution in [0.25, 0.3) is 11.0 Å². The van der Waals surface area contributed by atoms with Gasteiger partial charge in [-0.1, -0.05) is 48.8 Å². The van der Waals surface area contributed by atoms with Crippen molar-refractivity contribution in [3.8, 4) is 5.75 Å². The van der Waals surface area contributed by atoms with Gasteiger partial charge in [0.2, 0.25) is 0 Å². The molecule has 0 aliphatic heterocycles. The Kier molecular flexibility index (Phi) is 5.16. The van der Waals surface area contributed by atoms with E-state index in [1.165, 1.54) is 5.56 Å². The molecule has 0 saturated heterocycles. The average molecular weight is 324 g/mol. The van der Waals surface area contributed by atoms with Gasteiger partial charge in [0.05, 0.1) is 11.3 Å². The lowest BCUT2D eigenvalue weighted by atomic mass is 10.0. The van der Waals surface area contributed by atoms with E-state index in [2.05, 4.69) is 36.2 Å². The van der Waals surface area contributed by atoms with Crippen molar-refractivity contribution < 1.29 is 9.63 Å². The molecule has 0 aliphatic rings. The number of unbranched alkanes of at least 4 members (excludes halogenated alkanes) is 1. The zero-order chi connectivity index (χ0) is 16.9. The molecule has 0 fully saturated rings. The highest BCUT2D eigenvalue weighted by Crippen LogP contribution is 2.31. The second kappa shape index (κ2) is 7.49. The number of rotatable bonds is 7. The van der Waals surface area contributed by atoms with E-state index in [0.29, 0.717) is 12.1 Å². The molecule has 0 radical (unpaired) electrons. The highest BCUT2D eigenvalue weighted by atomic mass is 16.5. The first-order valence-electron chi connectivity index (χ1n) is 8.50. The Labute approximate surface area is 142 Å². The van der Waals surface area contributed by atoms with Crippen molar-refractivity contribution in [1.29, 1.82) is 0 Å². The lowest BCUT2D eigenvalue weighted by molar-refractivity contribution is 0.312. The van der Waals surface area contributed by atoms with Crippen LogP contribution < -0.4 is 0 Å². The molecule has 24 heavy (non-hydrogen) atoms. The number of benzene rings is 2. The Morgan fingerprint density at radius 1 is 1.12 bits per heavy atom. The number of aromatic hydroxyl groups is 1. The fraction of sp³-hybridized carbons (Fsp3) is 0.350. The molecule has 0 bridgehead atoms. The molecule has 0 amide bonds. The van der Waals surface area contributed by atoms with Crippen LogP contribution in [0.4, 0.5) is 0 Å². The van der Waals surface area contributed by atoms with Crippen LogP contribution in [0.3, 0.4) is 0 Å². The van der Waals surface area contributed by atoms with Gasteiger partial charge in [-0.25, -0.2) is 0 Å². The summed E-state index contributed by atoms with van der Waals surface area (Å²) in [5.41, 5.74) is 3.62. The van der Waals surface area contributed by atoms with Crippen LogP contribution in [0.2, 0.25) is 0 Å². The second-order valence-electron chi connectivity index (χ2n) is 6.32. The predicted molar refractivity (Wildman–Crippen MR) is 96.2 cm³/mol. The highest BCUT2D eigenvalue weighted by molar-refractivity contribution is 5.84. The predicted octanol–water partition coefficient (Wildman–Crippen LogP) is 4.36.